The number of aromatic amines is 1. The zero-order chi connectivity index (χ0) is 26.7. The molecule has 37 heavy (non-hydrogen) atoms. The Morgan fingerprint density at radius 3 is 2.57 bits per heavy atom. The lowest BCUT2D eigenvalue weighted by atomic mass is 9.83. The molecule has 5 rings (SSSR count). The van der Waals surface area contributed by atoms with Gasteiger partial charge in [0.05, 0.1) is 6.04 Å². The van der Waals surface area contributed by atoms with E-state index in [1.165, 1.54) is 18.6 Å². The van der Waals surface area contributed by atoms with Gasteiger partial charge in [-0.15, -0.1) is 0 Å². The van der Waals surface area contributed by atoms with Crippen LogP contribution in [0.1, 0.15) is 84.6 Å². The minimum atomic E-state index is -0.627. The highest BCUT2D eigenvalue weighted by Gasteiger charge is 2.49. The standard InChI is InChI=1S/C27H37FN4O3.C2H6/c1-27(2,3)35-26(34)31-23(16-7-5-4-6-8-16)25(33)32-12-11-21-24(32)20(15-29-21)19-14-30-22-13-17(28)9-10-18(19)22;1-2/h9-10,13-14,16,20-21,23-24,29-30H,4-8,11-12,15H2,1-3H3,(H,31,34);1-2H3/t20-,21?,23?,24?;/m1./s1. The molecular formula is C29H43FN4O3. The van der Waals surface area contributed by atoms with Gasteiger partial charge in [0.1, 0.15) is 17.5 Å². The SMILES string of the molecule is CC.CC(C)(C)OC(=O)NC(C(=O)N1CCC2NC[C@H](c3c[nH]c4cc(F)ccc34)C21)C1CCCCC1. The number of hydrogen-bond acceptors (Lipinski definition) is 4. The molecule has 1 aromatic carbocycles. The molecule has 3 fully saturated rings. The van der Waals surface area contributed by atoms with Crippen molar-refractivity contribution in [1.82, 2.24) is 20.5 Å². The average Bonchev–Trinajstić information content (AvgIpc) is 3.58. The molecule has 3 aliphatic rings. The monoisotopic (exact) mass is 514 g/mol. The van der Waals surface area contributed by atoms with E-state index in [-0.39, 0.29) is 35.6 Å². The van der Waals surface area contributed by atoms with E-state index in [0.717, 1.165) is 55.1 Å². The zero-order valence-electron chi connectivity index (χ0n) is 22.9. The second kappa shape index (κ2) is 11.4. The molecule has 204 valence electrons. The molecule has 0 spiro atoms. The van der Waals surface area contributed by atoms with E-state index in [9.17, 15) is 14.0 Å². The van der Waals surface area contributed by atoms with Crippen molar-refractivity contribution < 1.29 is 18.7 Å². The molecule has 2 saturated heterocycles. The summed E-state index contributed by atoms with van der Waals surface area (Å²) in [7, 11) is 0. The zero-order valence-corrected chi connectivity index (χ0v) is 22.9. The molecule has 0 radical (unpaired) electrons. The Kier molecular flexibility index (Phi) is 8.46. The molecule has 2 amide bonds. The summed E-state index contributed by atoms with van der Waals surface area (Å²) in [5.74, 6) is -0.0599. The van der Waals surface area contributed by atoms with Crippen LogP contribution in [0.3, 0.4) is 0 Å². The maximum absolute atomic E-state index is 14.1. The number of nitrogens with one attached hydrogen (secondary N) is 3. The second-order valence-electron chi connectivity index (χ2n) is 11.4. The minimum absolute atomic E-state index is 0.00178. The molecule has 3 unspecified atom stereocenters. The van der Waals surface area contributed by atoms with Crippen molar-refractivity contribution >= 4 is 22.9 Å². The van der Waals surface area contributed by atoms with Crippen LogP contribution in [0.25, 0.3) is 10.9 Å². The number of H-pyrrole nitrogens is 1. The molecule has 1 aromatic heterocycles. The molecular weight excluding hydrogens is 471 g/mol. The van der Waals surface area contributed by atoms with Crippen LogP contribution in [0.5, 0.6) is 0 Å². The van der Waals surface area contributed by atoms with Gasteiger partial charge in [0.15, 0.2) is 0 Å². The number of amides is 2. The first-order valence-electron chi connectivity index (χ1n) is 14.0. The Hall–Kier alpha value is -2.61. The van der Waals surface area contributed by atoms with Crippen molar-refractivity contribution in [2.45, 2.75) is 103 Å². The molecule has 8 heteroatoms. The maximum Gasteiger partial charge on any atom is 0.408 e. The molecule has 0 bridgehead atoms. The van der Waals surface area contributed by atoms with Gasteiger partial charge in [0, 0.05) is 42.1 Å². The first-order chi connectivity index (χ1) is 17.7. The predicted octanol–water partition coefficient (Wildman–Crippen LogP) is 5.46. The predicted molar refractivity (Wildman–Crippen MR) is 144 cm³/mol. The lowest BCUT2D eigenvalue weighted by molar-refractivity contribution is -0.136. The Morgan fingerprint density at radius 2 is 1.86 bits per heavy atom. The van der Waals surface area contributed by atoms with Crippen LogP contribution in [0.2, 0.25) is 0 Å². The fourth-order valence-corrected chi connectivity index (χ4v) is 6.38. The van der Waals surface area contributed by atoms with Crippen LogP contribution >= 0.6 is 0 Å². The fraction of sp³-hybridized carbons (Fsp3) is 0.655. The largest absolute Gasteiger partial charge is 0.444 e. The summed E-state index contributed by atoms with van der Waals surface area (Å²) in [6.45, 7) is 10.9. The smallest absolute Gasteiger partial charge is 0.408 e. The Bertz CT molecular complexity index is 1090. The third-order valence-corrected chi connectivity index (χ3v) is 7.88. The van der Waals surface area contributed by atoms with Crippen molar-refractivity contribution in [2.75, 3.05) is 13.1 Å². The molecule has 2 aromatic rings. The molecule has 1 aliphatic carbocycles. The number of benzene rings is 1. The van der Waals surface area contributed by atoms with Gasteiger partial charge in [-0.1, -0.05) is 33.1 Å². The fourth-order valence-electron chi connectivity index (χ4n) is 6.38. The number of ether oxygens (including phenoxy) is 1. The maximum atomic E-state index is 14.1. The van der Waals surface area contributed by atoms with Crippen molar-refractivity contribution in [2.24, 2.45) is 5.92 Å². The van der Waals surface area contributed by atoms with E-state index < -0.39 is 17.7 Å². The molecule has 7 nitrogen and oxygen atoms in total. The number of alkyl carbamates (subject to hydrolysis) is 1. The molecule has 2 aliphatic heterocycles. The van der Waals surface area contributed by atoms with Crippen LogP contribution in [0, 0.1) is 11.7 Å². The average molecular weight is 515 g/mol. The number of carbonyl (C=O) groups is 2. The highest BCUT2D eigenvalue weighted by Crippen LogP contribution is 2.40. The summed E-state index contributed by atoms with van der Waals surface area (Å²) in [5, 5.41) is 7.57. The van der Waals surface area contributed by atoms with Crippen molar-refractivity contribution in [1.29, 1.82) is 0 Å². The van der Waals surface area contributed by atoms with Gasteiger partial charge >= 0.3 is 6.09 Å². The lowest BCUT2D eigenvalue weighted by Gasteiger charge is -2.36. The Morgan fingerprint density at radius 1 is 1.14 bits per heavy atom. The van der Waals surface area contributed by atoms with Crippen molar-refractivity contribution in [3.8, 4) is 0 Å². The summed E-state index contributed by atoms with van der Waals surface area (Å²) < 4.78 is 19.3. The van der Waals surface area contributed by atoms with E-state index in [1.54, 1.807) is 0 Å². The number of likely N-dealkylation sites (tertiary alicyclic amines) is 1. The van der Waals surface area contributed by atoms with E-state index in [0.29, 0.717) is 6.54 Å². The highest BCUT2D eigenvalue weighted by atomic mass is 19.1. The third-order valence-electron chi connectivity index (χ3n) is 7.88. The van der Waals surface area contributed by atoms with Gasteiger partial charge < -0.3 is 25.3 Å². The number of hydrogen-bond donors (Lipinski definition) is 3. The summed E-state index contributed by atoms with van der Waals surface area (Å²) in [4.78, 5) is 32.0. The van der Waals surface area contributed by atoms with Crippen LogP contribution in [0.4, 0.5) is 9.18 Å². The van der Waals surface area contributed by atoms with Crippen molar-refractivity contribution in [3.05, 3.63) is 35.8 Å². The molecule has 3 heterocycles. The van der Waals surface area contributed by atoms with Gasteiger partial charge in [-0.05, 0) is 69.7 Å². The number of halogens is 1. The Labute approximate surface area is 219 Å². The normalized spacial score (nSPS) is 24.8. The minimum Gasteiger partial charge on any atom is -0.444 e. The topological polar surface area (TPSA) is 86.5 Å². The van der Waals surface area contributed by atoms with Crippen molar-refractivity contribution in [3.63, 3.8) is 0 Å². The summed E-state index contributed by atoms with van der Waals surface area (Å²) >= 11 is 0. The summed E-state index contributed by atoms with van der Waals surface area (Å²) in [6.07, 6.45) is 7.50. The number of aromatic nitrogens is 1. The molecule has 4 atom stereocenters. The summed E-state index contributed by atoms with van der Waals surface area (Å²) in [6, 6.07) is 4.45. The number of fused-ring (bicyclic) bond motifs is 2. The highest BCUT2D eigenvalue weighted by molar-refractivity contribution is 5.88. The van der Waals surface area contributed by atoms with Crippen LogP contribution in [-0.2, 0) is 9.53 Å². The van der Waals surface area contributed by atoms with Crippen LogP contribution in [-0.4, -0.2) is 58.7 Å². The van der Waals surface area contributed by atoms with Gasteiger partial charge in [-0.25, -0.2) is 9.18 Å². The number of rotatable bonds is 4. The van der Waals surface area contributed by atoms with Crippen LogP contribution in [0.15, 0.2) is 24.4 Å². The van der Waals surface area contributed by atoms with Gasteiger partial charge in [-0.2, -0.15) is 0 Å². The van der Waals surface area contributed by atoms with E-state index in [2.05, 4.69) is 15.6 Å². The second-order valence-corrected chi connectivity index (χ2v) is 11.4. The summed E-state index contributed by atoms with van der Waals surface area (Å²) in [5.41, 5.74) is 1.25. The van der Waals surface area contributed by atoms with Gasteiger partial charge in [0.2, 0.25) is 5.91 Å². The molecule has 1 saturated carbocycles. The first-order valence-corrected chi connectivity index (χ1v) is 14.0. The van der Waals surface area contributed by atoms with Crippen LogP contribution < -0.4 is 10.6 Å². The van der Waals surface area contributed by atoms with E-state index >= 15 is 0 Å². The van der Waals surface area contributed by atoms with E-state index in [4.69, 9.17) is 4.74 Å². The Balaban J connectivity index is 0.00000156. The van der Waals surface area contributed by atoms with Gasteiger partial charge in [-0.3, -0.25) is 4.79 Å². The van der Waals surface area contributed by atoms with E-state index in [1.807, 2.05) is 51.8 Å². The number of carbonyl (C=O) groups excluding carboxylic acids is 2. The quantitative estimate of drug-likeness (QED) is 0.506. The first kappa shape index (κ1) is 27.4. The molecule has 3 N–H and O–H groups in total. The third kappa shape index (κ3) is 5.95. The number of nitrogens with zero attached hydrogens (tertiary/aromatic N) is 1. The lowest BCUT2D eigenvalue weighted by Crippen LogP contribution is -2.55. The van der Waals surface area contributed by atoms with Gasteiger partial charge in [0.25, 0.3) is 0 Å².